The second-order valence-corrected chi connectivity index (χ2v) is 8.96. The first-order valence-electron chi connectivity index (χ1n) is 11.3. The maximum atomic E-state index is 13.3. The lowest BCUT2D eigenvalue weighted by Gasteiger charge is -2.38. The van der Waals surface area contributed by atoms with Crippen LogP contribution in [-0.2, 0) is 5.54 Å². The summed E-state index contributed by atoms with van der Waals surface area (Å²) in [7, 11) is 0. The van der Waals surface area contributed by atoms with E-state index in [9.17, 15) is 4.79 Å². The molecule has 0 aliphatic heterocycles. The second-order valence-electron chi connectivity index (χ2n) is 8.60. The van der Waals surface area contributed by atoms with Gasteiger partial charge in [-0.2, -0.15) is 0 Å². The van der Waals surface area contributed by atoms with Gasteiger partial charge in [0.1, 0.15) is 22.7 Å². The van der Waals surface area contributed by atoms with Gasteiger partial charge >= 0.3 is 0 Å². The summed E-state index contributed by atoms with van der Waals surface area (Å²) in [5.74, 6) is -0.196. The molecule has 2 aromatic heterocycles. The van der Waals surface area contributed by atoms with Gasteiger partial charge in [0.05, 0.1) is 5.39 Å². The summed E-state index contributed by atoms with van der Waals surface area (Å²) in [4.78, 5) is 22.2. The molecule has 2 heterocycles. The summed E-state index contributed by atoms with van der Waals surface area (Å²) in [6.45, 7) is 3.78. The third-order valence-electron chi connectivity index (χ3n) is 6.26. The zero-order chi connectivity index (χ0) is 23.7. The maximum Gasteiger partial charge on any atom is 0.167 e. The van der Waals surface area contributed by atoms with Crippen LogP contribution in [0.4, 0.5) is 0 Å². The molecule has 0 N–H and O–H groups in total. The van der Waals surface area contributed by atoms with E-state index >= 15 is 0 Å². The molecule has 0 amide bonds. The van der Waals surface area contributed by atoms with Crippen LogP contribution >= 0.6 is 11.6 Å². The van der Waals surface area contributed by atoms with Crippen LogP contribution in [-0.4, -0.2) is 20.3 Å². The van der Waals surface area contributed by atoms with Crippen LogP contribution in [0.1, 0.15) is 40.9 Å². The number of carbonyl (C=O) groups excluding carboxylic acids is 1. The molecule has 34 heavy (non-hydrogen) atoms. The summed E-state index contributed by atoms with van der Waals surface area (Å²) in [6, 6.07) is 30.9. The first-order valence-corrected chi connectivity index (χ1v) is 11.7. The number of hydrogen-bond donors (Lipinski definition) is 0. The Bertz CT molecular complexity index is 1350. The number of aromatic nitrogens is 3. The lowest BCUT2D eigenvalue weighted by atomic mass is 9.76. The molecule has 0 unspecified atom stereocenters. The third kappa shape index (κ3) is 3.42. The van der Waals surface area contributed by atoms with Crippen molar-refractivity contribution in [2.75, 3.05) is 0 Å². The number of ketones is 1. The Kier molecular flexibility index (Phi) is 5.76. The topological polar surface area (TPSA) is 47.8 Å². The normalized spacial score (nSPS) is 11.8. The summed E-state index contributed by atoms with van der Waals surface area (Å²) < 4.78 is 2.09. The minimum absolute atomic E-state index is 0.00327. The highest BCUT2D eigenvalue weighted by Crippen LogP contribution is 2.44. The standard InChI is InChI=1S/C29H24ClN3O/c1-20(2)26(34)24-18-33(28-25(24)27(30)31-19-32-28)29(21-12-6-3-7-13-21,22-14-8-4-9-15-22)23-16-10-5-11-17-23/h3-20H,1-2H3. The average molecular weight is 466 g/mol. The molecule has 0 fully saturated rings. The smallest absolute Gasteiger partial charge is 0.167 e. The minimum atomic E-state index is -0.796. The fourth-order valence-electron chi connectivity index (χ4n) is 4.73. The quantitative estimate of drug-likeness (QED) is 0.158. The Morgan fingerprint density at radius 2 is 1.26 bits per heavy atom. The predicted molar refractivity (Wildman–Crippen MR) is 136 cm³/mol. The number of hydrogen-bond acceptors (Lipinski definition) is 3. The molecular weight excluding hydrogens is 442 g/mol. The van der Waals surface area contributed by atoms with Crippen LogP contribution in [0.5, 0.6) is 0 Å². The van der Waals surface area contributed by atoms with Crippen molar-refractivity contribution in [2.24, 2.45) is 5.92 Å². The molecule has 0 spiro atoms. The van der Waals surface area contributed by atoms with Crippen molar-refractivity contribution < 1.29 is 4.79 Å². The van der Waals surface area contributed by atoms with Gasteiger partial charge in [0.15, 0.2) is 5.78 Å². The van der Waals surface area contributed by atoms with E-state index in [1.165, 1.54) is 6.33 Å². The molecule has 4 nitrogen and oxygen atoms in total. The van der Waals surface area contributed by atoms with Gasteiger partial charge in [-0.05, 0) is 16.7 Å². The summed E-state index contributed by atoms with van der Waals surface area (Å²) >= 11 is 6.60. The number of halogens is 1. The van der Waals surface area contributed by atoms with Gasteiger partial charge in [-0.3, -0.25) is 4.79 Å². The van der Waals surface area contributed by atoms with E-state index in [0.717, 1.165) is 16.7 Å². The first-order chi connectivity index (χ1) is 16.5. The van der Waals surface area contributed by atoms with E-state index in [-0.39, 0.29) is 16.9 Å². The van der Waals surface area contributed by atoms with Gasteiger partial charge in [-0.1, -0.05) is 116 Å². The number of fused-ring (bicyclic) bond motifs is 1. The van der Waals surface area contributed by atoms with Crippen molar-refractivity contribution >= 4 is 28.4 Å². The van der Waals surface area contributed by atoms with Crippen molar-refractivity contribution in [3.05, 3.63) is 131 Å². The second kappa shape index (κ2) is 8.88. The van der Waals surface area contributed by atoms with Crippen molar-refractivity contribution in [3.63, 3.8) is 0 Å². The monoisotopic (exact) mass is 465 g/mol. The van der Waals surface area contributed by atoms with Crippen LogP contribution < -0.4 is 0 Å². The maximum absolute atomic E-state index is 13.3. The van der Waals surface area contributed by atoms with E-state index in [0.29, 0.717) is 16.6 Å². The van der Waals surface area contributed by atoms with Crippen molar-refractivity contribution in [1.82, 2.24) is 14.5 Å². The molecule has 5 rings (SSSR count). The molecule has 5 aromatic rings. The SMILES string of the molecule is CC(C)C(=O)c1cn(C(c2ccccc2)(c2ccccc2)c2ccccc2)c2ncnc(Cl)c12. The summed E-state index contributed by atoms with van der Waals surface area (Å²) in [5.41, 5.74) is 3.48. The van der Waals surface area contributed by atoms with E-state index in [2.05, 4.69) is 50.9 Å². The summed E-state index contributed by atoms with van der Waals surface area (Å²) in [5, 5.41) is 0.853. The number of nitrogens with zero attached hydrogens (tertiary/aromatic N) is 3. The van der Waals surface area contributed by atoms with Crippen LogP contribution in [0, 0.1) is 5.92 Å². The van der Waals surface area contributed by atoms with Crippen LogP contribution in [0.15, 0.2) is 104 Å². The summed E-state index contributed by atoms with van der Waals surface area (Å²) in [6.07, 6.45) is 3.36. The van der Waals surface area contributed by atoms with Gasteiger partial charge < -0.3 is 4.57 Å². The molecular formula is C29H24ClN3O. The van der Waals surface area contributed by atoms with Gasteiger partial charge in [0.2, 0.25) is 0 Å². The molecule has 5 heteroatoms. The van der Waals surface area contributed by atoms with E-state index < -0.39 is 5.54 Å². The van der Waals surface area contributed by atoms with Crippen molar-refractivity contribution in [3.8, 4) is 0 Å². The third-order valence-corrected chi connectivity index (χ3v) is 6.55. The average Bonchev–Trinajstić information content (AvgIpc) is 3.27. The minimum Gasteiger partial charge on any atom is -0.313 e. The Morgan fingerprint density at radius 1 is 0.794 bits per heavy atom. The predicted octanol–water partition coefficient (Wildman–Crippen LogP) is 6.76. The lowest BCUT2D eigenvalue weighted by Crippen LogP contribution is -2.37. The molecule has 0 aliphatic carbocycles. The van der Waals surface area contributed by atoms with E-state index in [1.807, 2.05) is 74.6 Å². The zero-order valence-corrected chi connectivity index (χ0v) is 19.8. The molecule has 0 saturated carbocycles. The first kappa shape index (κ1) is 22.1. The molecule has 3 aromatic carbocycles. The van der Waals surface area contributed by atoms with Gasteiger partial charge in [0, 0.05) is 17.7 Å². The van der Waals surface area contributed by atoms with Crippen LogP contribution in [0.3, 0.4) is 0 Å². The fourth-order valence-corrected chi connectivity index (χ4v) is 4.96. The van der Waals surface area contributed by atoms with E-state index in [4.69, 9.17) is 11.6 Å². The highest BCUT2D eigenvalue weighted by atomic mass is 35.5. The largest absolute Gasteiger partial charge is 0.313 e. The molecule has 0 aliphatic rings. The van der Waals surface area contributed by atoms with Crippen molar-refractivity contribution in [1.29, 1.82) is 0 Å². The number of carbonyl (C=O) groups is 1. The van der Waals surface area contributed by atoms with E-state index in [1.54, 1.807) is 0 Å². The Balaban J connectivity index is 2.00. The Labute approximate surface area is 203 Å². The number of rotatable bonds is 6. The van der Waals surface area contributed by atoms with Gasteiger partial charge in [-0.15, -0.1) is 0 Å². The lowest BCUT2D eigenvalue weighted by molar-refractivity contribution is 0.0940. The van der Waals surface area contributed by atoms with Crippen molar-refractivity contribution in [2.45, 2.75) is 19.4 Å². The molecule has 0 atom stereocenters. The number of benzene rings is 3. The number of Topliss-reactive ketones (excluding diaryl/α,β-unsaturated/α-hetero) is 1. The zero-order valence-electron chi connectivity index (χ0n) is 19.0. The van der Waals surface area contributed by atoms with Gasteiger partial charge in [0.25, 0.3) is 0 Å². The molecule has 0 bridgehead atoms. The van der Waals surface area contributed by atoms with Gasteiger partial charge in [-0.25, -0.2) is 9.97 Å². The Morgan fingerprint density at radius 3 is 1.71 bits per heavy atom. The van der Waals surface area contributed by atoms with Crippen LogP contribution in [0.25, 0.3) is 11.0 Å². The van der Waals surface area contributed by atoms with Crippen LogP contribution in [0.2, 0.25) is 5.15 Å². The highest BCUT2D eigenvalue weighted by Gasteiger charge is 2.40. The highest BCUT2D eigenvalue weighted by molar-refractivity contribution is 6.35. The fraction of sp³-hybridized carbons (Fsp3) is 0.138. The Hall–Kier alpha value is -3.76. The molecule has 0 saturated heterocycles. The molecule has 168 valence electrons. The molecule has 0 radical (unpaired) electrons.